The predicted octanol–water partition coefficient (Wildman–Crippen LogP) is 2.57. The second kappa shape index (κ2) is 3.81. The Morgan fingerprint density at radius 3 is 2.39 bits per heavy atom. The van der Waals surface area contributed by atoms with Gasteiger partial charge in [0.2, 0.25) is 5.79 Å². The monoisotopic (exact) mass is 254 g/mol. The molecule has 0 aromatic rings. The topological polar surface area (TPSA) is 55.8 Å². The first-order valence-electron chi connectivity index (χ1n) is 6.42. The van der Waals surface area contributed by atoms with E-state index in [4.69, 9.17) is 9.78 Å². The van der Waals surface area contributed by atoms with Crippen LogP contribution < -0.4 is 0 Å². The van der Waals surface area contributed by atoms with Crippen LogP contribution in [0, 0.1) is 16.7 Å². The van der Waals surface area contributed by atoms with E-state index in [1.54, 1.807) is 6.92 Å². The molecule has 0 aromatic heterocycles. The lowest BCUT2D eigenvalue weighted by molar-refractivity contribution is -0.423. The molecule has 102 valence electrons. The molecule has 2 saturated carbocycles. The molecule has 0 saturated heterocycles. The fraction of sp³-hybridized carbons (Fsp3) is 0.786. The van der Waals surface area contributed by atoms with E-state index in [0.29, 0.717) is 12.3 Å². The van der Waals surface area contributed by atoms with Crippen LogP contribution in [-0.4, -0.2) is 16.9 Å². The van der Waals surface area contributed by atoms with Crippen LogP contribution in [0.5, 0.6) is 0 Å². The maximum Gasteiger partial charge on any atom is 0.368 e. The van der Waals surface area contributed by atoms with E-state index in [1.165, 1.54) is 0 Å². The average Bonchev–Trinajstić information content (AvgIpc) is 2.57. The van der Waals surface area contributed by atoms with Gasteiger partial charge in [0.25, 0.3) is 0 Å². The van der Waals surface area contributed by atoms with Gasteiger partial charge in [-0.05, 0) is 31.1 Å². The van der Waals surface area contributed by atoms with Crippen molar-refractivity contribution < 1.29 is 19.7 Å². The van der Waals surface area contributed by atoms with Crippen molar-refractivity contribution in [2.75, 3.05) is 0 Å². The molecule has 0 spiro atoms. The standard InChI is InChI=1S/C14H22O4/c1-9(2)11(15)17-18-14(16)8-10-6-7-13(14,5)12(10,3)4/h10,16H,1,6-8H2,2-5H3/t10-,13-,14-/m1/s1. The minimum absolute atomic E-state index is 0.0165. The number of carbonyl (C=O) groups is 1. The molecule has 3 atom stereocenters. The third kappa shape index (κ3) is 1.55. The molecule has 2 aliphatic rings. The van der Waals surface area contributed by atoms with Crippen LogP contribution in [0.4, 0.5) is 0 Å². The van der Waals surface area contributed by atoms with Crippen molar-refractivity contribution in [3.63, 3.8) is 0 Å². The SMILES string of the molecule is C=C(C)C(=O)OO[C@]1(O)C[C@H]2CC[C@]1(C)C2(C)C. The molecule has 2 rings (SSSR count). The fourth-order valence-corrected chi connectivity index (χ4v) is 3.52. The van der Waals surface area contributed by atoms with Gasteiger partial charge >= 0.3 is 5.97 Å². The first-order valence-corrected chi connectivity index (χ1v) is 6.42. The number of rotatable bonds is 3. The van der Waals surface area contributed by atoms with Crippen LogP contribution in [0.3, 0.4) is 0 Å². The number of carbonyl (C=O) groups excluding carboxylic acids is 1. The molecule has 0 unspecified atom stereocenters. The summed E-state index contributed by atoms with van der Waals surface area (Å²) in [6.45, 7) is 11.3. The van der Waals surface area contributed by atoms with Crippen molar-refractivity contribution in [3.05, 3.63) is 12.2 Å². The van der Waals surface area contributed by atoms with Crippen molar-refractivity contribution in [2.24, 2.45) is 16.7 Å². The molecule has 2 fully saturated rings. The summed E-state index contributed by atoms with van der Waals surface area (Å²) in [5.41, 5.74) is -0.150. The Labute approximate surface area is 108 Å². The van der Waals surface area contributed by atoms with Crippen molar-refractivity contribution in [1.82, 2.24) is 0 Å². The molecule has 18 heavy (non-hydrogen) atoms. The van der Waals surface area contributed by atoms with Crippen molar-refractivity contribution in [2.45, 2.75) is 52.7 Å². The normalized spacial score (nSPS) is 40.8. The van der Waals surface area contributed by atoms with Gasteiger partial charge in [0.05, 0.1) is 0 Å². The summed E-state index contributed by atoms with van der Waals surface area (Å²) in [4.78, 5) is 21.2. The summed E-state index contributed by atoms with van der Waals surface area (Å²) < 4.78 is 0. The maximum atomic E-state index is 11.4. The molecule has 0 amide bonds. The Balaban J connectivity index is 2.14. The number of hydrogen-bond donors (Lipinski definition) is 1. The lowest BCUT2D eigenvalue weighted by Crippen LogP contribution is -2.49. The van der Waals surface area contributed by atoms with Gasteiger partial charge in [0, 0.05) is 17.4 Å². The number of fused-ring (bicyclic) bond motifs is 2. The first-order chi connectivity index (χ1) is 8.14. The van der Waals surface area contributed by atoms with Crippen LogP contribution in [0.1, 0.15) is 47.0 Å². The molecule has 4 nitrogen and oxygen atoms in total. The molecule has 0 aliphatic heterocycles. The largest absolute Gasteiger partial charge is 0.368 e. The van der Waals surface area contributed by atoms with Gasteiger partial charge in [-0.15, -0.1) is 4.89 Å². The Hall–Kier alpha value is -0.870. The zero-order chi connectivity index (χ0) is 13.8. The van der Waals surface area contributed by atoms with E-state index < -0.39 is 11.8 Å². The third-order valence-electron chi connectivity index (χ3n) is 5.42. The van der Waals surface area contributed by atoms with Crippen LogP contribution in [-0.2, 0) is 14.6 Å². The average molecular weight is 254 g/mol. The summed E-state index contributed by atoms with van der Waals surface area (Å²) in [7, 11) is 0. The number of hydrogen-bond acceptors (Lipinski definition) is 4. The van der Waals surface area contributed by atoms with Crippen molar-refractivity contribution in [3.8, 4) is 0 Å². The quantitative estimate of drug-likeness (QED) is 0.364. The van der Waals surface area contributed by atoms with E-state index in [9.17, 15) is 9.90 Å². The Morgan fingerprint density at radius 1 is 1.39 bits per heavy atom. The highest BCUT2D eigenvalue weighted by Gasteiger charge is 2.70. The maximum absolute atomic E-state index is 11.4. The minimum atomic E-state index is -1.38. The van der Waals surface area contributed by atoms with E-state index in [0.717, 1.165) is 12.8 Å². The second-order valence-corrected chi connectivity index (χ2v) is 6.51. The number of aliphatic hydroxyl groups is 1. The van der Waals surface area contributed by atoms with E-state index in [-0.39, 0.29) is 16.4 Å². The zero-order valence-corrected chi connectivity index (χ0v) is 11.6. The van der Waals surface area contributed by atoms with Crippen molar-refractivity contribution in [1.29, 1.82) is 0 Å². The molecule has 0 heterocycles. The molecular weight excluding hydrogens is 232 g/mol. The Bertz CT molecular complexity index is 401. The lowest BCUT2D eigenvalue weighted by Gasteiger charge is -2.42. The van der Waals surface area contributed by atoms with E-state index in [2.05, 4.69) is 20.4 Å². The highest BCUT2D eigenvalue weighted by atomic mass is 17.2. The summed E-state index contributed by atoms with van der Waals surface area (Å²) in [6, 6.07) is 0. The van der Waals surface area contributed by atoms with Gasteiger partial charge in [0.15, 0.2) is 0 Å². The van der Waals surface area contributed by atoms with Crippen LogP contribution >= 0.6 is 0 Å². The van der Waals surface area contributed by atoms with Gasteiger partial charge in [-0.25, -0.2) is 4.79 Å². The Kier molecular flexibility index (Phi) is 2.87. The molecule has 2 bridgehead atoms. The van der Waals surface area contributed by atoms with E-state index in [1.807, 2.05) is 6.92 Å². The molecule has 4 heteroatoms. The molecular formula is C14H22O4. The molecule has 2 aliphatic carbocycles. The van der Waals surface area contributed by atoms with Gasteiger partial charge in [-0.1, -0.05) is 27.4 Å². The van der Waals surface area contributed by atoms with Crippen LogP contribution in [0.15, 0.2) is 12.2 Å². The fourth-order valence-electron chi connectivity index (χ4n) is 3.52. The second-order valence-electron chi connectivity index (χ2n) is 6.51. The molecule has 0 aromatic carbocycles. The third-order valence-corrected chi connectivity index (χ3v) is 5.42. The van der Waals surface area contributed by atoms with Gasteiger partial charge in [-0.3, -0.25) is 4.89 Å². The smallest absolute Gasteiger partial charge is 0.362 e. The van der Waals surface area contributed by atoms with Gasteiger partial charge < -0.3 is 5.11 Å². The molecule has 1 N–H and O–H groups in total. The summed E-state index contributed by atoms with van der Waals surface area (Å²) in [5.74, 6) is -1.62. The van der Waals surface area contributed by atoms with Crippen LogP contribution in [0.25, 0.3) is 0 Å². The van der Waals surface area contributed by atoms with Gasteiger partial charge in [-0.2, -0.15) is 0 Å². The van der Waals surface area contributed by atoms with E-state index >= 15 is 0 Å². The van der Waals surface area contributed by atoms with Gasteiger partial charge in [0.1, 0.15) is 0 Å². The highest BCUT2D eigenvalue weighted by molar-refractivity contribution is 5.86. The highest BCUT2D eigenvalue weighted by Crippen LogP contribution is 2.69. The van der Waals surface area contributed by atoms with Crippen LogP contribution in [0.2, 0.25) is 0 Å². The summed E-state index contributed by atoms with van der Waals surface area (Å²) in [6.07, 6.45) is 2.48. The summed E-state index contributed by atoms with van der Waals surface area (Å²) >= 11 is 0. The predicted molar refractivity (Wildman–Crippen MR) is 66.2 cm³/mol. The summed E-state index contributed by atoms with van der Waals surface area (Å²) in [5, 5.41) is 10.7. The zero-order valence-electron chi connectivity index (χ0n) is 11.6. The molecule has 0 radical (unpaired) electrons. The minimum Gasteiger partial charge on any atom is -0.362 e. The van der Waals surface area contributed by atoms with Crippen molar-refractivity contribution >= 4 is 5.97 Å². The first kappa shape index (κ1) is 13.6. The Morgan fingerprint density at radius 2 is 2.00 bits per heavy atom. The lowest BCUT2D eigenvalue weighted by atomic mass is 9.68.